The van der Waals surface area contributed by atoms with Crippen molar-refractivity contribution in [1.82, 2.24) is 20.2 Å². The van der Waals surface area contributed by atoms with E-state index in [1.165, 1.54) is 11.3 Å². The van der Waals surface area contributed by atoms with E-state index >= 15 is 0 Å². The number of amides is 1. The van der Waals surface area contributed by atoms with Gasteiger partial charge < -0.3 is 15.2 Å². The first-order chi connectivity index (χ1) is 10.5. The van der Waals surface area contributed by atoms with Gasteiger partial charge in [-0.1, -0.05) is 0 Å². The Morgan fingerprint density at radius 2 is 2.30 bits per heavy atom. The summed E-state index contributed by atoms with van der Waals surface area (Å²) in [5, 5.41) is 5.13. The van der Waals surface area contributed by atoms with Crippen LogP contribution in [0, 0.1) is 5.41 Å². The van der Waals surface area contributed by atoms with Gasteiger partial charge in [0.15, 0.2) is 0 Å². The highest BCUT2D eigenvalue weighted by Gasteiger charge is 2.36. The van der Waals surface area contributed by atoms with Crippen LogP contribution in [-0.4, -0.2) is 40.9 Å². The van der Waals surface area contributed by atoms with E-state index in [9.17, 15) is 9.59 Å². The molecule has 2 aromatic heterocycles. The minimum absolute atomic E-state index is 0. The van der Waals surface area contributed by atoms with E-state index < -0.39 is 0 Å². The molecule has 3 rings (SSSR count). The van der Waals surface area contributed by atoms with Crippen LogP contribution in [-0.2, 0) is 11.3 Å². The highest BCUT2D eigenvalue weighted by molar-refractivity contribution is 7.17. The summed E-state index contributed by atoms with van der Waals surface area (Å²) < 4.78 is 0.626. The number of piperidine rings is 1. The number of aromatic nitrogens is 2. The van der Waals surface area contributed by atoms with Crippen molar-refractivity contribution in [3.8, 4) is 0 Å². The van der Waals surface area contributed by atoms with Crippen LogP contribution in [0.2, 0.25) is 0 Å². The standard InChI is InChI=1S/C15H20N4O2S.ClH/c1-15(5-3-6-16-9-15)14(21)19(2)8-11-17-10-4-7-22-12(10)13(20)18-11;/h4,7,16H,3,5-6,8-9H2,1-2H3,(H,17,18,20);1H. The quantitative estimate of drug-likeness (QED) is 0.878. The summed E-state index contributed by atoms with van der Waals surface area (Å²) in [4.78, 5) is 33.5. The number of thiophene rings is 1. The molecule has 0 radical (unpaired) electrons. The van der Waals surface area contributed by atoms with E-state index in [4.69, 9.17) is 0 Å². The maximum atomic E-state index is 12.7. The molecular weight excluding hydrogens is 336 g/mol. The Kier molecular flexibility index (Phi) is 5.44. The molecular formula is C15H21ClN4O2S. The number of carbonyl (C=O) groups is 1. The molecule has 2 aromatic rings. The van der Waals surface area contributed by atoms with Crippen LogP contribution in [0.15, 0.2) is 16.2 Å². The maximum Gasteiger partial charge on any atom is 0.268 e. The van der Waals surface area contributed by atoms with Gasteiger partial charge in [0.25, 0.3) is 5.56 Å². The number of aromatic amines is 1. The summed E-state index contributed by atoms with van der Waals surface area (Å²) in [6.45, 7) is 3.98. The lowest BCUT2D eigenvalue weighted by Gasteiger charge is -2.35. The van der Waals surface area contributed by atoms with Crippen molar-refractivity contribution in [3.05, 3.63) is 27.6 Å². The third-order valence-corrected chi connectivity index (χ3v) is 5.11. The number of rotatable bonds is 3. The summed E-state index contributed by atoms with van der Waals surface area (Å²) >= 11 is 1.37. The fourth-order valence-electron chi connectivity index (χ4n) is 2.99. The van der Waals surface area contributed by atoms with Gasteiger partial charge in [-0.3, -0.25) is 9.59 Å². The molecule has 0 bridgehead atoms. The fourth-order valence-corrected chi connectivity index (χ4v) is 3.72. The molecule has 8 heteroatoms. The lowest BCUT2D eigenvalue weighted by atomic mass is 9.81. The number of carbonyl (C=O) groups excluding carboxylic acids is 1. The van der Waals surface area contributed by atoms with Crippen molar-refractivity contribution in [2.75, 3.05) is 20.1 Å². The van der Waals surface area contributed by atoms with Gasteiger partial charge in [0.05, 0.1) is 17.5 Å². The zero-order valence-electron chi connectivity index (χ0n) is 13.2. The Morgan fingerprint density at radius 1 is 1.52 bits per heavy atom. The van der Waals surface area contributed by atoms with Crippen molar-refractivity contribution in [2.24, 2.45) is 5.41 Å². The van der Waals surface area contributed by atoms with E-state index in [1.54, 1.807) is 11.9 Å². The van der Waals surface area contributed by atoms with Gasteiger partial charge >= 0.3 is 0 Å². The van der Waals surface area contributed by atoms with Crippen LogP contribution in [0.5, 0.6) is 0 Å². The Bertz CT molecular complexity index is 751. The van der Waals surface area contributed by atoms with Gasteiger partial charge in [0.2, 0.25) is 5.91 Å². The van der Waals surface area contributed by atoms with Crippen LogP contribution in [0.1, 0.15) is 25.6 Å². The number of hydrogen-bond donors (Lipinski definition) is 2. The van der Waals surface area contributed by atoms with E-state index in [-0.39, 0.29) is 29.3 Å². The van der Waals surface area contributed by atoms with Gasteiger partial charge in [-0.2, -0.15) is 0 Å². The first-order valence-corrected chi connectivity index (χ1v) is 8.30. The van der Waals surface area contributed by atoms with Gasteiger partial charge in [0.1, 0.15) is 10.5 Å². The number of hydrogen-bond acceptors (Lipinski definition) is 5. The molecule has 1 atom stereocenters. The molecule has 0 saturated carbocycles. The molecule has 3 heterocycles. The van der Waals surface area contributed by atoms with Crippen molar-refractivity contribution in [2.45, 2.75) is 26.3 Å². The number of halogens is 1. The minimum atomic E-state index is -0.375. The first kappa shape index (κ1) is 17.9. The second-order valence-electron chi connectivity index (χ2n) is 6.15. The van der Waals surface area contributed by atoms with E-state index in [1.807, 2.05) is 18.4 Å². The molecule has 6 nitrogen and oxygen atoms in total. The van der Waals surface area contributed by atoms with E-state index in [0.717, 1.165) is 19.4 Å². The number of nitrogens with one attached hydrogen (secondary N) is 2. The van der Waals surface area contributed by atoms with Gasteiger partial charge in [-0.25, -0.2) is 4.98 Å². The van der Waals surface area contributed by atoms with Crippen molar-refractivity contribution in [1.29, 1.82) is 0 Å². The molecule has 1 amide bonds. The van der Waals surface area contributed by atoms with Crippen LogP contribution in [0.4, 0.5) is 0 Å². The van der Waals surface area contributed by atoms with Crippen LogP contribution in [0.3, 0.4) is 0 Å². The maximum absolute atomic E-state index is 12.7. The molecule has 0 spiro atoms. The zero-order chi connectivity index (χ0) is 15.7. The summed E-state index contributed by atoms with van der Waals surface area (Å²) in [5.74, 6) is 0.617. The van der Waals surface area contributed by atoms with Crippen LogP contribution in [0.25, 0.3) is 10.2 Å². The predicted molar refractivity (Wildman–Crippen MR) is 94.2 cm³/mol. The van der Waals surface area contributed by atoms with E-state index in [0.29, 0.717) is 29.1 Å². The topological polar surface area (TPSA) is 78.1 Å². The second kappa shape index (κ2) is 6.98. The minimum Gasteiger partial charge on any atom is -0.338 e. The molecule has 2 N–H and O–H groups in total. The average molecular weight is 357 g/mol. The molecule has 1 aliphatic rings. The summed E-state index contributed by atoms with van der Waals surface area (Å²) in [5.41, 5.74) is 0.177. The molecule has 0 aliphatic carbocycles. The Balaban J connectivity index is 0.00000192. The molecule has 126 valence electrons. The van der Waals surface area contributed by atoms with Crippen molar-refractivity contribution in [3.63, 3.8) is 0 Å². The monoisotopic (exact) mass is 356 g/mol. The molecule has 1 unspecified atom stereocenters. The van der Waals surface area contributed by atoms with Gasteiger partial charge in [-0.15, -0.1) is 23.7 Å². The average Bonchev–Trinajstić information content (AvgIpc) is 2.96. The molecule has 1 saturated heterocycles. The zero-order valence-corrected chi connectivity index (χ0v) is 14.9. The van der Waals surface area contributed by atoms with Crippen molar-refractivity contribution < 1.29 is 4.79 Å². The molecule has 23 heavy (non-hydrogen) atoms. The SMILES string of the molecule is CN(Cc1nc2ccsc2c(=O)[nH]1)C(=O)C1(C)CCCNC1.Cl. The highest BCUT2D eigenvalue weighted by atomic mass is 35.5. The fraction of sp³-hybridized carbons (Fsp3) is 0.533. The lowest BCUT2D eigenvalue weighted by molar-refractivity contribution is -0.141. The van der Waals surface area contributed by atoms with Gasteiger partial charge in [-0.05, 0) is 37.8 Å². The largest absolute Gasteiger partial charge is 0.338 e. The predicted octanol–water partition coefficient (Wildman–Crippen LogP) is 1.75. The molecule has 1 fully saturated rings. The smallest absolute Gasteiger partial charge is 0.268 e. The number of H-pyrrole nitrogens is 1. The molecule has 1 aliphatic heterocycles. The number of nitrogens with zero attached hydrogens (tertiary/aromatic N) is 2. The molecule has 0 aromatic carbocycles. The summed E-state index contributed by atoms with van der Waals surface area (Å²) in [6, 6.07) is 1.83. The third kappa shape index (κ3) is 3.57. The number of fused-ring (bicyclic) bond motifs is 1. The first-order valence-electron chi connectivity index (χ1n) is 7.42. The lowest BCUT2D eigenvalue weighted by Crippen LogP contribution is -2.49. The Labute approximate surface area is 144 Å². The van der Waals surface area contributed by atoms with Gasteiger partial charge in [0, 0.05) is 13.6 Å². The summed E-state index contributed by atoms with van der Waals surface area (Å²) in [6.07, 6.45) is 1.89. The second-order valence-corrected chi connectivity index (χ2v) is 7.07. The highest BCUT2D eigenvalue weighted by Crippen LogP contribution is 2.28. The van der Waals surface area contributed by atoms with E-state index in [2.05, 4.69) is 15.3 Å². The normalized spacial score (nSPS) is 21.0. The van der Waals surface area contributed by atoms with Crippen LogP contribution >= 0.6 is 23.7 Å². The summed E-state index contributed by atoms with van der Waals surface area (Å²) in [7, 11) is 1.76. The Morgan fingerprint density at radius 3 is 3.00 bits per heavy atom. The van der Waals surface area contributed by atoms with Crippen LogP contribution < -0.4 is 10.9 Å². The van der Waals surface area contributed by atoms with Crippen molar-refractivity contribution >= 4 is 39.9 Å². The third-order valence-electron chi connectivity index (χ3n) is 4.21. The Hall–Kier alpha value is -1.44.